The van der Waals surface area contributed by atoms with E-state index in [1.807, 2.05) is 11.9 Å². The first-order chi connectivity index (χ1) is 8.60. The second-order valence-corrected chi connectivity index (χ2v) is 4.77. The van der Waals surface area contributed by atoms with Gasteiger partial charge in [0.25, 0.3) is 0 Å². The third-order valence-electron chi connectivity index (χ3n) is 3.27. The van der Waals surface area contributed by atoms with Crippen molar-refractivity contribution in [3.8, 4) is 0 Å². The lowest BCUT2D eigenvalue weighted by Crippen LogP contribution is -2.29. The standard InChI is InChI=1S/C12H17N3O3/c1-15(7-12(8-16)3-4-12)10-6-13-5-9(14-10)11(17)18-2/h5-6,16H,3-4,7-8H2,1-2H3. The molecule has 1 heterocycles. The van der Waals surface area contributed by atoms with Crippen molar-refractivity contribution in [2.75, 3.05) is 32.2 Å². The van der Waals surface area contributed by atoms with Crippen LogP contribution in [-0.2, 0) is 4.74 Å². The molecule has 98 valence electrons. The van der Waals surface area contributed by atoms with Crippen LogP contribution in [0.3, 0.4) is 0 Å². The van der Waals surface area contributed by atoms with Crippen LogP contribution in [0.5, 0.6) is 0 Å². The SMILES string of the molecule is COC(=O)c1cncc(N(C)CC2(CO)CC2)n1. The van der Waals surface area contributed by atoms with Crippen molar-refractivity contribution in [3.05, 3.63) is 18.1 Å². The minimum Gasteiger partial charge on any atom is -0.464 e. The van der Waals surface area contributed by atoms with Gasteiger partial charge in [-0.3, -0.25) is 4.98 Å². The molecule has 0 unspecified atom stereocenters. The predicted molar refractivity (Wildman–Crippen MR) is 65.4 cm³/mol. The number of rotatable bonds is 5. The van der Waals surface area contributed by atoms with Gasteiger partial charge >= 0.3 is 5.97 Å². The van der Waals surface area contributed by atoms with Crippen LogP contribution in [0.1, 0.15) is 23.3 Å². The molecule has 0 atom stereocenters. The smallest absolute Gasteiger partial charge is 0.358 e. The van der Waals surface area contributed by atoms with Crippen LogP contribution >= 0.6 is 0 Å². The number of anilines is 1. The van der Waals surface area contributed by atoms with Crippen LogP contribution in [0, 0.1) is 5.41 Å². The summed E-state index contributed by atoms with van der Waals surface area (Å²) in [6.07, 6.45) is 5.03. The van der Waals surface area contributed by atoms with E-state index in [0.717, 1.165) is 12.8 Å². The Balaban J connectivity index is 2.10. The number of hydrogen-bond acceptors (Lipinski definition) is 6. The zero-order valence-corrected chi connectivity index (χ0v) is 10.6. The number of hydrogen-bond donors (Lipinski definition) is 1. The Morgan fingerprint density at radius 2 is 2.28 bits per heavy atom. The monoisotopic (exact) mass is 251 g/mol. The van der Waals surface area contributed by atoms with Gasteiger partial charge in [0.15, 0.2) is 5.69 Å². The highest BCUT2D eigenvalue weighted by atomic mass is 16.5. The van der Waals surface area contributed by atoms with Crippen LogP contribution < -0.4 is 4.90 Å². The second-order valence-electron chi connectivity index (χ2n) is 4.77. The summed E-state index contributed by atoms with van der Waals surface area (Å²) in [7, 11) is 3.19. The summed E-state index contributed by atoms with van der Waals surface area (Å²) >= 11 is 0. The van der Waals surface area contributed by atoms with Crippen LogP contribution in [0.2, 0.25) is 0 Å². The number of carbonyl (C=O) groups is 1. The highest BCUT2D eigenvalue weighted by Crippen LogP contribution is 2.45. The Bertz CT molecular complexity index is 446. The minimum atomic E-state index is -0.499. The average Bonchev–Trinajstić information content (AvgIpc) is 3.18. The predicted octanol–water partition coefficient (Wildman–Crippen LogP) is 0.472. The van der Waals surface area contributed by atoms with Gasteiger partial charge in [-0.15, -0.1) is 0 Å². The van der Waals surface area contributed by atoms with Crippen LogP contribution in [0.4, 0.5) is 5.82 Å². The molecule has 1 N–H and O–H groups in total. The van der Waals surface area contributed by atoms with Gasteiger partial charge < -0.3 is 14.7 Å². The summed E-state index contributed by atoms with van der Waals surface area (Å²) in [4.78, 5) is 21.4. The van der Waals surface area contributed by atoms with E-state index in [0.29, 0.717) is 12.4 Å². The van der Waals surface area contributed by atoms with E-state index in [1.165, 1.54) is 13.3 Å². The minimum absolute atomic E-state index is 0.00228. The number of methoxy groups -OCH3 is 1. The molecule has 0 bridgehead atoms. The largest absolute Gasteiger partial charge is 0.464 e. The Morgan fingerprint density at radius 3 is 2.83 bits per heavy atom. The molecule has 0 radical (unpaired) electrons. The lowest BCUT2D eigenvalue weighted by atomic mass is 10.1. The van der Waals surface area contributed by atoms with E-state index in [-0.39, 0.29) is 17.7 Å². The lowest BCUT2D eigenvalue weighted by molar-refractivity contribution is 0.0593. The van der Waals surface area contributed by atoms with Crippen molar-refractivity contribution in [3.63, 3.8) is 0 Å². The van der Waals surface area contributed by atoms with Crippen LogP contribution in [0.25, 0.3) is 0 Å². The molecule has 2 rings (SSSR count). The summed E-state index contributed by atoms with van der Waals surface area (Å²) in [5, 5.41) is 9.30. The molecule has 18 heavy (non-hydrogen) atoms. The van der Waals surface area contributed by atoms with E-state index < -0.39 is 5.97 Å². The van der Waals surface area contributed by atoms with Crippen molar-refractivity contribution >= 4 is 11.8 Å². The number of ether oxygens (including phenoxy) is 1. The maximum atomic E-state index is 11.4. The Morgan fingerprint density at radius 1 is 1.56 bits per heavy atom. The normalized spacial score (nSPS) is 16.2. The Labute approximate surface area is 106 Å². The topological polar surface area (TPSA) is 75.5 Å². The maximum absolute atomic E-state index is 11.4. The molecular formula is C12H17N3O3. The summed E-state index contributed by atoms with van der Waals surface area (Å²) in [5.74, 6) is 0.110. The van der Waals surface area contributed by atoms with E-state index in [4.69, 9.17) is 0 Å². The first-order valence-electron chi connectivity index (χ1n) is 5.82. The number of aliphatic hydroxyl groups excluding tert-OH is 1. The van der Waals surface area contributed by atoms with Crippen molar-refractivity contribution in [1.29, 1.82) is 0 Å². The average molecular weight is 251 g/mol. The zero-order valence-electron chi connectivity index (χ0n) is 10.6. The molecule has 0 spiro atoms. The molecule has 6 nitrogen and oxygen atoms in total. The fourth-order valence-electron chi connectivity index (χ4n) is 1.87. The van der Waals surface area contributed by atoms with Crippen molar-refractivity contribution in [1.82, 2.24) is 9.97 Å². The zero-order chi connectivity index (χ0) is 13.2. The van der Waals surface area contributed by atoms with Crippen molar-refractivity contribution in [2.45, 2.75) is 12.8 Å². The Hall–Kier alpha value is -1.69. The third-order valence-corrected chi connectivity index (χ3v) is 3.27. The highest BCUT2D eigenvalue weighted by Gasteiger charge is 2.43. The Kier molecular flexibility index (Phi) is 3.47. The summed E-state index contributed by atoms with van der Waals surface area (Å²) in [5.41, 5.74) is 0.188. The van der Waals surface area contributed by atoms with Crippen LogP contribution in [-0.4, -0.2) is 48.4 Å². The van der Waals surface area contributed by atoms with E-state index in [1.54, 1.807) is 6.20 Å². The molecule has 1 aromatic heterocycles. The molecule has 0 aliphatic heterocycles. The van der Waals surface area contributed by atoms with Gasteiger partial charge in [-0.1, -0.05) is 0 Å². The molecular weight excluding hydrogens is 234 g/mol. The number of nitrogens with zero attached hydrogens (tertiary/aromatic N) is 3. The first kappa shape index (κ1) is 12.8. The maximum Gasteiger partial charge on any atom is 0.358 e. The molecule has 1 fully saturated rings. The summed E-state index contributed by atoms with van der Waals surface area (Å²) in [6.45, 7) is 0.893. The lowest BCUT2D eigenvalue weighted by Gasteiger charge is -2.23. The summed E-state index contributed by atoms with van der Waals surface area (Å²) < 4.78 is 4.61. The number of esters is 1. The fourth-order valence-corrected chi connectivity index (χ4v) is 1.87. The van der Waals surface area contributed by atoms with Crippen molar-refractivity contribution < 1.29 is 14.6 Å². The number of aliphatic hydroxyl groups is 1. The van der Waals surface area contributed by atoms with Gasteiger partial charge in [0.05, 0.1) is 26.1 Å². The number of aromatic nitrogens is 2. The van der Waals surface area contributed by atoms with Gasteiger partial charge in [-0.05, 0) is 12.8 Å². The molecule has 1 saturated carbocycles. The highest BCUT2D eigenvalue weighted by molar-refractivity contribution is 5.87. The van der Waals surface area contributed by atoms with Gasteiger partial charge in [-0.2, -0.15) is 0 Å². The van der Waals surface area contributed by atoms with Crippen LogP contribution in [0.15, 0.2) is 12.4 Å². The first-order valence-corrected chi connectivity index (χ1v) is 5.82. The molecule has 1 aliphatic rings. The van der Waals surface area contributed by atoms with Gasteiger partial charge in [0.2, 0.25) is 0 Å². The molecule has 1 aliphatic carbocycles. The van der Waals surface area contributed by atoms with E-state index in [2.05, 4.69) is 14.7 Å². The third kappa shape index (κ3) is 2.59. The quantitative estimate of drug-likeness (QED) is 0.767. The van der Waals surface area contributed by atoms with Gasteiger partial charge in [0.1, 0.15) is 5.82 Å². The number of carbonyl (C=O) groups excluding carboxylic acids is 1. The van der Waals surface area contributed by atoms with Crippen molar-refractivity contribution in [2.24, 2.45) is 5.41 Å². The fraction of sp³-hybridized carbons (Fsp3) is 0.583. The van der Waals surface area contributed by atoms with Gasteiger partial charge in [-0.25, -0.2) is 9.78 Å². The second kappa shape index (κ2) is 4.89. The van der Waals surface area contributed by atoms with E-state index in [9.17, 15) is 9.90 Å². The molecule has 0 amide bonds. The van der Waals surface area contributed by atoms with Gasteiger partial charge in [0, 0.05) is 19.0 Å². The molecule has 1 aromatic rings. The molecule has 6 heteroatoms. The molecule has 0 saturated heterocycles. The summed E-state index contributed by atoms with van der Waals surface area (Å²) in [6, 6.07) is 0. The van der Waals surface area contributed by atoms with E-state index >= 15 is 0 Å². The molecule has 0 aromatic carbocycles.